The Bertz CT molecular complexity index is 1370. The van der Waals surface area contributed by atoms with Crippen molar-refractivity contribution in [2.75, 3.05) is 21.0 Å². The largest absolute Gasteiger partial charge is 0.493 e. The predicted molar refractivity (Wildman–Crippen MR) is 140 cm³/mol. The minimum Gasteiger partial charge on any atom is -0.493 e. The topological polar surface area (TPSA) is 107 Å². The fourth-order valence-corrected chi connectivity index (χ4v) is 3.42. The minimum atomic E-state index is -0.605. The zero-order valence-electron chi connectivity index (χ0n) is 20.3. The summed E-state index contributed by atoms with van der Waals surface area (Å²) in [6.07, 6.45) is 6.42. The summed E-state index contributed by atoms with van der Waals surface area (Å²) in [6, 6.07) is 19.3. The van der Waals surface area contributed by atoms with Gasteiger partial charge in [0.05, 0.1) is 14.2 Å². The molecule has 9 nitrogen and oxygen atoms in total. The van der Waals surface area contributed by atoms with Gasteiger partial charge in [-0.2, -0.15) is 5.10 Å². The van der Waals surface area contributed by atoms with Gasteiger partial charge in [0.15, 0.2) is 23.0 Å². The van der Waals surface area contributed by atoms with Crippen LogP contribution < -0.4 is 29.7 Å². The van der Waals surface area contributed by atoms with Crippen molar-refractivity contribution in [1.82, 2.24) is 10.7 Å². The Morgan fingerprint density at radius 3 is 2.43 bits per heavy atom. The van der Waals surface area contributed by atoms with Crippen molar-refractivity contribution in [3.8, 4) is 23.0 Å². The molecule has 2 N–H and O–H groups in total. The maximum Gasteiger partial charge on any atom is 0.287 e. The standard InChI is InChI=1S/C28H25N3O6/c1-34-23-12-11-20(17-25(23)35-2)15-22(30-27(32)21-8-4-3-5-9-21)28(33)31-29-14-6-7-19-10-13-24-26(16-19)37-18-36-24/h3-17H,18H2,1-2H3,(H,30,32)(H,31,33). The summed E-state index contributed by atoms with van der Waals surface area (Å²) in [6.45, 7) is 0.204. The van der Waals surface area contributed by atoms with Crippen molar-refractivity contribution >= 4 is 30.2 Å². The Labute approximate surface area is 214 Å². The van der Waals surface area contributed by atoms with Crippen molar-refractivity contribution in [2.24, 2.45) is 5.10 Å². The SMILES string of the molecule is COc1ccc(C=C(NC(=O)c2ccccc2)C(=O)NN=CC=Cc2ccc3c(c2)OCO3)cc1OC. The lowest BCUT2D eigenvalue weighted by Gasteiger charge is -2.11. The number of nitrogens with one attached hydrogen (secondary N) is 2. The number of nitrogens with zero attached hydrogens (tertiary/aromatic N) is 1. The monoisotopic (exact) mass is 499 g/mol. The molecular weight excluding hydrogens is 474 g/mol. The van der Waals surface area contributed by atoms with Crippen molar-refractivity contribution in [1.29, 1.82) is 0 Å². The van der Waals surface area contributed by atoms with Crippen LogP contribution in [-0.4, -0.2) is 39.0 Å². The third kappa shape index (κ3) is 6.55. The van der Waals surface area contributed by atoms with Crippen LogP contribution in [0.1, 0.15) is 21.5 Å². The minimum absolute atomic E-state index is 0.00188. The van der Waals surface area contributed by atoms with Gasteiger partial charge in [0.25, 0.3) is 11.8 Å². The van der Waals surface area contributed by atoms with Crippen LogP contribution in [0.15, 0.2) is 83.6 Å². The van der Waals surface area contributed by atoms with Gasteiger partial charge in [0.2, 0.25) is 6.79 Å². The van der Waals surface area contributed by atoms with Crippen LogP contribution in [0.3, 0.4) is 0 Å². The number of fused-ring (bicyclic) bond motifs is 1. The van der Waals surface area contributed by atoms with Crippen molar-refractivity contribution in [2.45, 2.75) is 0 Å². The molecule has 9 heteroatoms. The lowest BCUT2D eigenvalue weighted by atomic mass is 10.1. The van der Waals surface area contributed by atoms with E-state index in [0.717, 1.165) is 5.56 Å². The summed E-state index contributed by atoms with van der Waals surface area (Å²) < 4.78 is 21.3. The van der Waals surface area contributed by atoms with Gasteiger partial charge in [-0.15, -0.1) is 0 Å². The van der Waals surface area contributed by atoms with E-state index < -0.39 is 11.8 Å². The number of amides is 2. The van der Waals surface area contributed by atoms with E-state index in [1.54, 1.807) is 60.7 Å². The van der Waals surface area contributed by atoms with E-state index in [9.17, 15) is 9.59 Å². The molecule has 1 heterocycles. The van der Waals surface area contributed by atoms with Gasteiger partial charge < -0.3 is 24.3 Å². The number of methoxy groups -OCH3 is 2. The molecule has 0 atom stereocenters. The average molecular weight is 500 g/mol. The second-order valence-electron chi connectivity index (χ2n) is 7.68. The summed E-state index contributed by atoms with van der Waals surface area (Å²) in [5.41, 5.74) is 4.33. The van der Waals surface area contributed by atoms with Crippen molar-refractivity contribution in [3.63, 3.8) is 0 Å². The first kappa shape index (κ1) is 25.1. The molecule has 3 aromatic rings. The maximum absolute atomic E-state index is 12.9. The first-order chi connectivity index (χ1) is 18.1. The number of hydrogen-bond acceptors (Lipinski definition) is 7. The molecule has 1 aliphatic heterocycles. The quantitative estimate of drug-likeness (QED) is 0.262. The first-order valence-corrected chi connectivity index (χ1v) is 11.3. The van der Waals surface area contributed by atoms with Gasteiger partial charge >= 0.3 is 0 Å². The molecule has 0 fully saturated rings. The Morgan fingerprint density at radius 1 is 0.892 bits per heavy atom. The molecule has 0 radical (unpaired) electrons. The highest BCUT2D eigenvalue weighted by Crippen LogP contribution is 2.32. The number of benzene rings is 3. The van der Waals surface area contributed by atoms with Crippen LogP contribution in [0, 0.1) is 0 Å². The van der Waals surface area contributed by atoms with Crippen LogP contribution in [0.4, 0.5) is 0 Å². The van der Waals surface area contributed by atoms with Crippen LogP contribution in [-0.2, 0) is 4.79 Å². The molecule has 0 aliphatic carbocycles. The van der Waals surface area contributed by atoms with Gasteiger partial charge in [0.1, 0.15) is 5.70 Å². The number of carbonyl (C=O) groups excluding carboxylic acids is 2. The van der Waals surface area contributed by atoms with E-state index in [1.165, 1.54) is 26.5 Å². The first-order valence-electron chi connectivity index (χ1n) is 11.3. The van der Waals surface area contributed by atoms with E-state index in [1.807, 2.05) is 18.2 Å². The number of rotatable bonds is 9. The molecule has 4 rings (SSSR count). The van der Waals surface area contributed by atoms with Gasteiger partial charge in [-0.1, -0.05) is 36.4 Å². The summed E-state index contributed by atoms with van der Waals surface area (Å²) in [5, 5.41) is 6.62. The second-order valence-corrected chi connectivity index (χ2v) is 7.68. The molecule has 0 saturated carbocycles. The number of allylic oxidation sites excluding steroid dienone is 1. The van der Waals surface area contributed by atoms with Crippen LogP contribution >= 0.6 is 0 Å². The van der Waals surface area contributed by atoms with E-state index in [2.05, 4.69) is 15.8 Å². The molecule has 37 heavy (non-hydrogen) atoms. The van der Waals surface area contributed by atoms with Crippen LogP contribution in [0.25, 0.3) is 12.2 Å². The van der Waals surface area contributed by atoms with E-state index >= 15 is 0 Å². The Morgan fingerprint density at radius 2 is 1.65 bits per heavy atom. The van der Waals surface area contributed by atoms with Gasteiger partial charge in [0, 0.05) is 11.8 Å². The Hall–Kier alpha value is -5.05. The number of carbonyl (C=O) groups is 2. The van der Waals surface area contributed by atoms with Crippen LogP contribution in [0.2, 0.25) is 0 Å². The molecule has 0 spiro atoms. The summed E-state index contributed by atoms with van der Waals surface area (Å²) in [5.74, 6) is 1.35. The molecule has 0 bridgehead atoms. The van der Waals surface area contributed by atoms with E-state index in [-0.39, 0.29) is 12.5 Å². The smallest absolute Gasteiger partial charge is 0.287 e. The highest BCUT2D eigenvalue weighted by atomic mass is 16.7. The summed E-state index contributed by atoms with van der Waals surface area (Å²) in [7, 11) is 3.05. The van der Waals surface area contributed by atoms with E-state index in [0.29, 0.717) is 34.1 Å². The van der Waals surface area contributed by atoms with Gasteiger partial charge in [-0.3, -0.25) is 9.59 Å². The molecular formula is C28H25N3O6. The van der Waals surface area contributed by atoms with Gasteiger partial charge in [-0.05, 0) is 59.7 Å². The maximum atomic E-state index is 12.9. The number of hydrogen-bond donors (Lipinski definition) is 2. The molecule has 0 saturated heterocycles. The summed E-state index contributed by atoms with van der Waals surface area (Å²) in [4.78, 5) is 25.7. The number of ether oxygens (including phenoxy) is 4. The normalized spacial score (nSPS) is 12.5. The van der Waals surface area contributed by atoms with Crippen molar-refractivity contribution in [3.05, 3.63) is 95.2 Å². The second kappa shape index (κ2) is 12.1. The molecule has 188 valence electrons. The molecule has 2 amide bonds. The molecule has 0 aromatic heterocycles. The van der Waals surface area contributed by atoms with Crippen LogP contribution in [0.5, 0.6) is 23.0 Å². The highest BCUT2D eigenvalue weighted by molar-refractivity contribution is 6.05. The fourth-order valence-electron chi connectivity index (χ4n) is 3.42. The fraction of sp³-hybridized carbons (Fsp3) is 0.107. The van der Waals surface area contributed by atoms with Gasteiger partial charge in [-0.25, -0.2) is 5.43 Å². The summed E-state index contributed by atoms with van der Waals surface area (Å²) >= 11 is 0. The predicted octanol–water partition coefficient (Wildman–Crippen LogP) is 4.02. The molecule has 3 aromatic carbocycles. The molecule has 1 aliphatic rings. The highest BCUT2D eigenvalue weighted by Gasteiger charge is 2.15. The number of hydrazone groups is 1. The zero-order chi connectivity index (χ0) is 26.0. The Balaban J connectivity index is 1.49. The molecule has 0 unspecified atom stereocenters. The zero-order valence-corrected chi connectivity index (χ0v) is 20.3. The third-order valence-electron chi connectivity index (χ3n) is 5.26. The van der Waals surface area contributed by atoms with Crippen molar-refractivity contribution < 1.29 is 28.5 Å². The Kier molecular flexibility index (Phi) is 8.18. The third-order valence-corrected chi connectivity index (χ3v) is 5.26. The lowest BCUT2D eigenvalue weighted by Crippen LogP contribution is -2.32. The lowest BCUT2D eigenvalue weighted by molar-refractivity contribution is -0.117. The average Bonchev–Trinajstić information content (AvgIpc) is 3.40. The van der Waals surface area contributed by atoms with E-state index in [4.69, 9.17) is 18.9 Å².